The van der Waals surface area contributed by atoms with Gasteiger partial charge >= 0.3 is 0 Å². The SMILES string of the molecule is O=C(CCc1ccccc1)N1C[C@@H](Cc2cnccn2)[C@H](O)C1. The molecule has 0 unspecified atom stereocenters. The predicted molar refractivity (Wildman–Crippen MR) is 86.6 cm³/mol. The Hall–Kier alpha value is -2.27. The third-order valence-electron chi connectivity index (χ3n) is 4.32. The number of β-amino-alcohol motifs (C(OH)–C–C–N with tert-alkyl or cyclic N) is 1. The van der Waals surface area contributed by atoms with E-state index in [9.17, 15) is 9.90 Å². The minimum Gasteiger partial charge on any atom is -0.391 e. The molecule has 0 aliphatic carbocycles. The molecule has 1 aliphatic rings. The molecule has 2 heterocycles. The lowest BCUT2D eigenvalue weighted by Crippen LogP contribution is -2.29. The smallest absolute Gasteiger partial charge is 0.223 e. The van der Waals surface area contributed by atoms with Crippen LogP contribution in [-0.2, 0) is 17.6 Å². The zero-order chi connectivity index (χ0) is 16.1. The second-order valence-corrected chi connectivity index (χ2v) is 6.01. The number of aliphatic hydroxyl groups excluding tert-OH is 1. The second-order valence-electron chi connectivity index (χ2n) is 6.01. The Balaban J connectivity index is 1.52. The highest BCUT2D eigenvalue weighted by Gasteiger charge is 2.33. The fourth-order valence-electron chi connectivity index (χ4n) is 3.02. The first kappa shape index (κ1) is 15.6. The monoisotopic (exact) mass is 311 g/mol. The van der Waals surface area contributed by atoms with Crippen LogP contribution in [0, 0.1) is 5.92 Å². The highest BCUT2D eigenvalue weighted by Crippen LogP contribution is 2.21. The maximum absolute atomic E-state index is 12.3. The lowest BCUT2D eigenvalue weighted by atomic mass is 10.0. The Morgan fingerprint density at radius 2 is 2.04 bits per heavy atom. The van der Waals surface area contributed by atoms with Crippen LogP contribution in [0.3, 0.4) is 0 Å². The van der Waals surface area contributed by atoms with Crippen molar-refractivity contribution in [3.63, 3.8) is 0 Å². The average molecular weight is 311 g/mol. The number of benzene rings is 1. The quantitative estimate of drug-likeness (QED) is 0.908. The van der Waals surface area contributed by atoms with E-state index in [2.05, 4.69) is 9.97 Å². The van der Waals surface area contributed by atoms with Crippen LogP contribution in [0.5, 0.6) is 0 Å². The summed E-state index contributed by atoms with van der Waals surface area (Å²) in [7, 11) is 0. The summed E-state index contributed by atoms with van der Waals surface area (Å²) < 4.78 is 0. The van der Waals surface area contributed by atoms with E-state index in [0.29, 0.717) is 25.9 Å². The number of carbonyl (C=O) groups is 1. The van der Waals surface area contributed by atoms with Crippen molar-refractivity contribution in [1.82, 2.24) is 14.9 Å². The zero-order valence-corrected chi connectivity index (χ0v) is 13.0. The molecule has 0 spiro atoms. The molecule has 2 aromatic rings. The normalized spacial score (nSPS) is 20.7. The third kappa shape index (κ3) is 4.13. The molecule has 3 rings (SSSR count). The molecule has 2 atom stereocenters. The lowest BCUT2D eigenvalue weighted by Gasteiger charge is -2.16. The maximum atomic E-state index is 12.3. The molecule has 1 aromatic carbocycles. The molecule has 5 nitrogen and oxygen atoms in total. The van der Waals surface area contributed by atoms with Gasteiger partial charge in [-0.1, -0.05) is 30.3 Å². The van der Waals surface area contributed by atoms with Gasteiger partial charge in [-0.3, -0.25) is 14.8 Å². The summed E-state index contributed by atoms with van der Waals surface area (Å²) in [6.45, 7) is 1.00. The fraction of sp³-hybridized carbons (Fsp3) is 0.389. The van der Waals surface area contributed by atoms with Gasteiger partial charge in [-0.05, 0) is 18.4 Å². The van der Waals surface area contributed by atoms with Crippen molar-refractivity contribution in [3.05, 3.63) is 60.2 Å². The molecule has 0 saturated carbocycles. The minimum atomic E-state index is -0.488. The number of nitrogens with zero attached hydrogens (tertiary/aromatic N) is 3. The van der Waals surface area contributed by atoms with Crippen LogP contribution in [0.4, 0.5) is 0 Å². The van der Waals surface area contributed by atoms with Gasteiger partial charge in [-0.25, -0.2) is 0 Å². The molecule has 0 radical (unpaired) electrons. The molecule has 1 fully saturated rings. The van der Waals surface area contributed by atoms with Crippen molar-refractivity contribution in [1.29, 1.82) is 0 Å². The zero-order valence-electron chi connectivity index (χ0n) is 13.0. The van der Waals surface area contributed by atoms with Gasteiger partial charge in [0.25, 0.3) is 0 Å². The van der Waals surface area contributed by atoms with Crippen molar-refractivity contribution < 1.29 is 9.90 Å². The molecule has 0 bridgehead atoms. The minimum absolute atomic E-state index is 0.0346. The van der Waals surface area contributed by atoms with Gasteiger partial charge in [-0.2, -0.15) is 0 Å². The van der Waals surface area contributed by atoms with E-state index in [4.69, 9.17) is 0 Å². The summed E-state index contributed by atoms with van der Waals surface area (Å²) in [4.78, 5) is 22.4. The van der Waals surface area contributed by atoms with E-state index >= 15 is 0 Å². The summed E-state index contributed by atoms with van der Waals surface area (Å²) in [6, 6.07) is 10.00. The van der Waals surface area contributed by atoms with Gasteiger partial charge in [0.2, 0.25) is 5.91 Å². The number of amides is 1. The van der Waals surface area contributed by atoms with E-state index in [0.717, 1.165) is 17.7 Å². The summed E-state index contributed by atoms with van der Waals surface area (Å²) >= 11 is 0. The summed E-state index contributed by atoms with van der Waals surface area (Å²) in [5.74, 6) is 0.141. The molecule has 1 amide bonds. The van der Waals surface area contributed by atoms with Gasteiger partial charge in [-0.15, -0.1) is 0 Å². The Kier molecular flexibility index (Phi) is 4.98. The first-order valence-corrected chi connectivity index (χ1v) is 7.97. The van der Waals surface area contributed by atoms with Crippen LogP contribution in [0.15, 0.2) is 48.9 Å². The van der Waals surface area contributed by atoms with E-state index in [1.807, 2.05) is 30.3 Å². The first-order chi connectivity index (χ1) is 11.2. The maximum Gasteiger partial charge on any atom is 0.223 e. The number of aliphatic hydroxyl groups is 1. The molecule has 5 heteroatoms. The fourth-order valence-corrected chi connectivity index (χ4v) is 3.02. The van der Waals surface area contributed by atoms with Gasteiger partial charge in [0.15, 0.2) is 0 Å². The van der Waals surface area contributed by atoms with Crippen LogP contribution in [0.2, 0.25) is 0 Å². The standard InChI is InChI=1S/C18H21N3O2/c22-17-13-21(12-15(17)10-16-11-19-8-9-20-16)18(23)7-6-14-4-2-1-3-5-14/h1-5,8-9,11,15,17,22H,6-7,10,12-13H2/t15-,17-/m1/s1. The average Bonchev–Trinajstić information content (AvgIpc) is 2.95. The molecule has 1 N–H and O–H groups in total. The number of rotatable bonds is 5. The molecule has 1 saturated heterocycles. The van der Waals surface area contributed by atoms with Crippen molar-refractivity contribution in [3.8, 4) is 0 Å². The van der Waals surface area contributed by atoms with E-state index in [1.54, 1.807) is 23.5 Å². The Morgan fingerprint density at radius 1 is 1.22 bits per heavy atom. The Morgan fingerprint density at radius 3 is 2.78 bits per heavy atom. The predicted octanol–water partition coefficient (Wildman–Crippen LogP) is 1.47. The topological polar surface area (TPSA) is 66.3 Å². The third-order valence-corrected chi connectivity index (χ3v) is 4.32. The van der Waals surface area contributed by atoms with Crippen molar-refractivity contribution >= 4 is 5.91 Å². The van der Waals surface area contributed by atoms with Crippen molar-refractivity contribution in [2.24, 2.45) is 5.92 Å². The number of hydrogen-bond donors (Lipinski definition) is 1. The summed E-state index contributed by atoms with van der Waals surface area (Å²) in [5.41, 5.74) is 2.02. The molecule has 1 aliphatic heterocycles. The van der Waals surface area contributed by atoms with E-state index in [1.165, 1.54) is 0 Å². The van der Waals surface area contributed by atoms with Crippen LogP contribution in [-0.4, -0.2) is 45.1 Å². The number of aromatic nitrogens is 2. The Bertz CT molecular complexity index is 633. The van der Waals surface area contributed by atoms with Gasteiger partial charge in [0, 0.05) is 44.0 Å². The highest BCUT2D eigenvalue weighted by molar-refractivity contribution is 5.76. The Labute approximate surface area is 136 Å². The number of carbonyl (C=O) groups excluding carboxylic acids is 1. The number of aryl methyl sites for hydroxylation is 1. The first-order valence-electron chi connectivity index (χ1n) is 7.97. The van der Waals surface area contributed by atoms with Crippen LogP contribution < -0.4 is 0 Å². The van der Waals surface area contributed by atoms with Crippen LogP contribution in [0.25, 0.3) is 0 Å². The number of likely N-dealkylation sites (tertiary alicyclic amines) is 1. The molecule has 120 valence electrons. The summed E-state index contributed by atoms with van der Waals surface area (Å²) in [6.07, 6.45) is 6.38. The molecular weight excluding hydrogens is 290 g/mol. The largest absolute Gasteiger partial charge is 0.391 e. The van der Waals surface area contributed by atoms with E-state index in [-0.39, 0.29) is 11.8 Å². The molecule has 23 heavy (non-hydrogen) atoms. The van der Waals surface area contributed by atoms with Crippen molar-refractivity contribution in [2.45, 2.75) is 25.4 Å². The van der Waals surface area contributed by atoms with Gasteiger partial charge in [0.1, 0.15) is 0 Å². The van der Waals surface area contributed by atoms with Gasteiger partial charge in [0.05, 0.1) is 11.8 Å². The second kappa shape index (κ2) is 7.33. The molecular formula is C18H21N3O2. The molecule has 1 aromatic heterocycles. The van der Waals surface area contributed by atoms with Crippen LogP contribution in [0.1, 0.15) is 17.7 Å². The van der Waals surface area contributed by atoms with Crippen molar-refractivity contribution in [2.75, 3.05) is 13.1 Å². The van der Waals surface area contributed by atoms with Crippen LogP contribution >= 0.6 is 0 Å². The lowest BCUT2D eigenvalue weighted by molar-refractivity contribution is -0.130. The highest BCUT2D eigenvalue weighted by atomic mass is 16.3. The van der Waals surface area contributed by atoms with E-state index < -0.39 is 6.10 Å². The van der Waals surface area contributed by atoms with Gasteiger partial charge < -0.3 is 10.0 Å². The number of hydrogen-bond acceptors (Lipinski definition) is 4. The summed E-state index contributed by atoms with van der Waals surface area (Å²) in [5, 5.41) is 10.2.